The van der Waals surface area contributed by atoms with Crippen molar-refractivity contribution in [2.45, 2.75) is 25.0 Å². The number of phenolic OH excluding ortho intramolecular Hbond substituents is 3. The van der Waals surface area contributed by atoms with E-state index in [1.54, 1.807) is 0 Å². The van der Waals surface area contributed by atoms with Gasteiger partial charge in [0.2, 0.25) is 11.6 Å². The van der Waals surface area contributed by atoms with Crippen LogP contribution in [0.1, 0.15) is 50.2 Å². The number of nitrogens with one attached hydrogen (secondary N) is 2. The molecular weight excluding hydrogens is 434 g/mol. The molecule has 3 aromatic rings. The van der Waals surface area contributed by atoms with Crippen LogP contribution in [0, 0.1) is 0 Å². The van der Waals surface area contributed by atoms with Crippen LogP contribution in [0.5, 0.6) is 17.2 Å². The fourth-order valence-corrected chi connectivity index (χ4v) is 5.36. The summed E-state index contributed by atoms with van der Waals surface area (Å²) in [5.41, 5.74) is 1.04. The maximum absolute atomic E-state index is 13.5. The van der Waals surface area contributed by atoms with E-state index in [-0.39, 0.29) is 33.8 Å². The smallest absolute Gasteiger partial charge is 0.202 e. The Morgan fingerprint density at radius 1 is 0.765 bits per heavy atom. The summed E-state index contributed by atoms with van der Waals surface area (Å²) in [5, 5.41) is 38.1. The molecule has 1 spiro atoms. The molecule has 0 saturated carbocycles. The number of hydrogen-bond donors (Lipinski definition) is 5. The monoisotopic (exact) mass is 457 g/mol. The molecule has 34 heavy (non-hydrogen) atoms. The van der Waals surface area contributed by atoms with Crippen LogP contribution in [-0.2, 0) is 6.54 Å². The van der Waals surface area contributed by atoms with Crippen LogP contribution in [-0.4, -0.2) is 50.5 Å². The molecule has 1 fully saturated rings. The van der Waals surface area contributed by atoms with Crippen molar-refractivity contribution in [2.75, 3.05) is 23.7 Å². The van der Waals surface area contributed by atoms with Gasteiger partial charge in [-0.2, -0.15) is 0 Å². The van der Waals surface area contributed by atoms with Gasteiger partial charge in [0.05, 0.1) is 33.6 Å². The molecule has 172 valence electrons. The van der Waals surface area contributed by atoms with Gasteiger partial charge < -0.3 is 26.0 Å². The van der Waals surface area contributed by atoms with E-state index in [9.17, 15) is 24.9 Å². The number of nitrogens with zero attached hydrogens (tertiary/aromatic N) is 1. The summed E-state index contributed by atoms with van der Waals surface area (Å²) < 4.78 is 0. The fourth-order valence-electron chi connectivity index (χ4n) is 5.36. The van der Waals surface area contributed by atoms with Gasteiger partial charge in [-0.15, -0.1) is 0 Å². The van der Waals surface area contributed by atoms with Crippen molar-refractivity contribution in [3.05, 3.63) is 76.3 Å². The molecule has 0 radical (unpaired) electrons. The molecule has 0 amide bonds. The molecule has 8 heteroatoms. The van der Waals surface area contributed by atoms with Gasteiger partial charge >= 0.3 is 0 Å². The Morgan fingerprint density at radius 3 is 2.00 bits per heavy atom. The molecule has 0 aromatic heterocycles. The standard InChI is InChI=1S/C26H23N3O5/c30-16-6-7-17(31)20-19(16)24(33)21-18(32)12-15-23(22(21)25(20)34)28-26(27-15)8-10-29(11-9-26)13-14-4-2-1-3-5-14/h1-7,12,27-28,30-32H,8-11,13H2. The third-order valence-corrected chi connectivity index (χ3v) is 7.07. The highest BCUT2D eigenvalue weighted by Crippen LogP contribution is 2.50. The Kier molecular flexibility index (Phi) is 4.37. The van der Waals surface area contributed by atoms with Gasteiger partial charge in [0, 0.05) is 38.5 Å². The number of piperidine rings is 1. The number of phenols is 3. The number of carbonyl (C=O) groups is 2. The summed E-state index contributed by atoms with van der Waals surface area (Å²) in [6, 6.07) is 14.1. The maximum atomic E-state index is 13.5. The van der Waals surface area contributed by atoms with Gasteiger partial charge in [-0.3, -0.25) is 14.5 Å². The number of ketones is 2. The molecule has 1 aliphatic carbocycles. The third kappa shape index (κ3) is 2.95. The summed E-state index contributed by atoms with van der Waals surface area (Å²) in [6.45, 7) is 2.50. The Balaban J connectivity index is 1.32. The summed E-state index contributed by atoms with van der Waals surface area (Å²) in [6.07, 6.45) is 1.49. The molecule has 3 aliphatic rings. The van der Waals surface area contributed by atoms with E-state index in [4.69, 9.17) is 0 Å². The lowest BCUT2D eigenvalue weighted by Gasteiger charge is -2.40. The molecule has 0 unspecified atom stereocenters. The summed E-state index contributed by atoms with van der Waals surface area (Å²) in [7, 11) is 0. The number of hydrogen-bond acceptors (Lipinski definition) is 8. The Hall–Kier alpha value is -4.04. The minimum absolute atomic E-state index is 0.0180. The molecule has 0 atom stereocenters. The third-order valence-electron chi connectivity index (χ3n) is 7.07. The molecular formula is C26H23N3O5. The zero-order chi connectivity index (χ0) is 23.6. The van der Waals surface area contributed by atoms with E-state index < -0.39 is 23.0 Å². The Labute approximate surface area is 195 Å². The lowest BCUT2D eigenvalue weighted by Crippen LogP contribution is -2.51. The molecule has 2 heterocycles. The first-order valence-electron chi connectivity index (χ1n) is 11.2. The molecule has 8 nitrogen and oxygen atoms in total. The number of fused-ring (bicyclic) bond motifs is 4. The molecule has 2 aliphatic heterocycles. The van der Waals surface area contributed by atoms with Gasteiger partial charge in [-0.1, -0.05) is 30.3 Å². The van der Waals surface area contributed by atoms with Crippen molar-refractivity contribution >= 4 is 22.9 Å². The zero-order valence-electron chi connectivity index (χ0n) is 18.3. The first-order valence-corrected chi connectivity index (χ1v) is 11.2. The van der Waals surface area contributed by atoms with Gasteiger partial charge in [-0.25, -0.2) is 0 Å². The second-order valence-electron chi connectivity index (χ2n) is 9.17. The van der Waals surface area contributed by atoms with Crippen LogP contribution in [0.25, 0.3) is 0 Å². The number of anilines is 2. The van der Waals surface area contributed by atoms with Gasteiger partial charge in [-0.05, 0) is 17.7 Å². The number of benzene rings is 3. The average Bonchev–Trinajstić information content (AvgIpc) is 3.18. The van der Waals surface area contributed by atoms with E-state index in [0.717, 1.165) is 38.5 Å². The van der Waals surface area contributed by atoms with Crippen LogP contribution in [0.2, 0.25) is 0 Å². The fraction of sp³-hybridized carbons (Fsp3) is 0.231. The van der Waals surface area contributed by atoms with E-state index >= 15 is 0 Å². The van der Waals surface area contributed by atoms with Crippen LogP contribution >= 0.6 is 0 Å². The molecule has 5 N–H and O–H groups in total. The summed E-state index contributed by atoms with van der Waals surface area (Å²) >= 11 is 0. The molecule has 6 rings (SSSR count). The van der Waals surface area contributed by atoms with Gasteiger partial charge in [0.15, 0.2) is 0 Å². The van der Waals surface area contributed by atoms with Gasteiger partial charge in [0.1, 0.15) is 22.9 Å². The van der Waals surface area contributed by atoms with Gasteiger partial charge in [0.25, 0.3) is 0 Å². The number of carbonyl (C=O) groups excluding carboxylic acids is 2. The van der Waals surface area contributed by atoms with E-state index in [0.29, 0.717) is 11.4 Å². The van der Waals surface area contributed by atoms with Crippen LogP contribution < -0.4 is 10.6 Å². The molecule has 3 aromatic carbocycles. The quantitative estimate of drug-likeness (QED) is 0.290. The molecule has 1 saturated heterocycles. The predicted molar refractivity (Wildman–Crippen MR) is 126 cm³/mol. The highest BCUT2D eigenvalue weighted by Gasteiger charge is 2.45. The SMILES string of the molecule is O=C1c2c(O)ccc(O)c2C(=O)c2c3c(cc(O)c21)NC1(CCN(Cc2ccccc2)CC1)N3. The van der Waals surface area contributed by atoms with E-state index in [1.807, 2.05) is 18.2 Å². The first-order chi connectivity index (χ1) is 16.4. The maximum Gasteiger partial charge on any atom is 0.202 e. The first kappa shape index (κ1) is 20.6. The van der Waals surface area contributed by atoms with Crippen LogP contribution in [0.3, 0.4) is 0 Å². The normalized spacial score (nSPS) is 18.1. The topological polar surface area (TPSA) is 122 Å². The highest BCUT2D eigenvalue weighted by atomic mass is 16.3. The highest BCUT2D eigenvalue weighted by molar-refractivity contribution is 6.33. The lowest BCUT2D eigenvalue weighted by molar-refractivity contribution is 0.0972. The van der Waals surface area contributed by atoms with Crippen molar-refractivity contribution in [2.24, 2.45) is 0 Å². The number of likely N-dealkylation sites (tertiary alicyclic amines) is 1. The number of rotatable bonds is 2. The Bertz CT molecular complexity index is 1360. The zero-order valence-corrected chi connectivity index (χ0v) is 18.3. The van der Waals surface area contributed by atoms with Crippen molar-refractivity contribution in [3.63, 3.8) is 0 Å². The predicted octanol–water partition coefficient (Wildman–Crippen LogP) is 3.41. The summed E-state index contributed by atoms with van der Waals surface area (Å²) in [5.74, 6) is -2.45. The van der Waals surface area contributed by atoms with Crippen LogP contribution in [0.4, 0.5) is 11.4 Å². The minimum Gasteiger partial charge on any atom is -0.507 e. The van der Waals surface area contributed by atoms with Crippen molar-refractivity contribution in [3.8, 4) is 17.2 Å². The second-order valence-corrected chi connectivity index (χ2v) is 9.17. The molecule has 0 bridgehead atoms. The second kappa shape index (κ2) is 7.23. The Morgan fingerprint density at radius 2 is 1.35 bits per heavy atom. The van der Waals surface area contributed by atoms with Crippen molar-refractivity contribution in [1.29, 1.82) is 0 Å². The number of aromatic hydroxyl groups is 3. The van der Waals surface area contributed by atoms with Crippen molar-refractivity contribution < 1.29 is 24.9 Å². The van der Waals surface area contributed by atoms with E-state index in [2.05, 4.69) is 27.7 Å². The summed E-state index contributed by atoms with van der Waals surface area (Å²) in [4.78, 5) is 29.0. The lowest BCUT2D eigenvalue weighted by atomic mass is 9.81. The van der Waals surface area contributed by atoms with Crippen LogP contribution in [0.15, 0.2) is 48.5 Å². The van der Waals surface area contributed by atoms with Crippen molar-refractivity contribution in [1.82, 2.24) is 4.90 Å². The minimum atomic E-state index is -0.696. The largest absolute Gasteiger partial charge is 0.507 e. The van der Waals surface area contributed by atoms with E-state index in [1.165, 1.54) is 17.7 Å². The average molecular weight is 457 g/mol.